The Bertz CT molecular complexity index is 948. The highest BCUT2D eigenvalue weighted by atomic mass is 35.5. The maximum absolute atomic E-state index is 13.0. The fourth-order valence-electron chi connectivity index (χ4n) is 2.30. The molecule has 0 aliphatic rings. The average Bonchev–Trinajstić information content (AvgIpc) is 3.29. The highest BCUT2D eigenvalue weighted by Crippen LogP contribution is 2.35. The molecule has 0 saturated heterocycles. The van der Waals surface area contributed by atoms with Gasteiger partial charge in [0.2, 0.25) is 20.0 Å². The standard InChI is InChI=1S/C18H18ClNO4S2/c1-2-3-4-12-25-18-17(20-16(24-18)15-6-5-11-23-15)26(21,22)14-9-7-13(19)8-10-14/h5-11H,2-4,12H2,1H3. The van der Waals surface area contributed by atoms with Crippen LogP contribution in [0, 0.1) is 0 Å². The molecule has 8 heteroatoms. The number of oxazole rings is 1. The number of rotatable bonds is 8. The maximum atomic E-state index is 13.0. The van der Waals surface area contributed by atoms with E-state index < -0.39 is 9.84 Å². The van der Waals surface area contributed by atoms with Gasteiger partial charge in [0, 0.05) is 10.8 Å². The van der Waals surface area contributed by atoms with Gasteiger partial charge in [-0.05, 0) is 42.8 Å². The van der Waals surface area contributed by atoms with E-state index in [9.17, 15) is 8.42 Å². The Kier molecular flexibility index (Phi) is 6.11. The number of nitrogens with zero attached hydrogens (tertiary/aromatic N) is 1. The molecule has 0 aliphatic carbocycles. The molecule has 0 atom stereocenters. The van der Waals surface area contributed by atoms with Crippen LogP contribution in [0.25, 0.3) is 11.7 Å². The third-order valence-corrected chi connectivity index (χ3v) is 6.75. The minimum Gasteiger partial charge on any atom is -0.459 e. The molecule has 0 N–H and O–H groups in total. The fraction of sp³-hybridized carbons (Fsp3) is 0.278. The van der Waals surface area contributed by atoms with E-state index in [1.165, 1.54) is 42.3 Å². The summed E-state index contributed by atoms with van der Waals surface area (Å²) in [6.07, 6.45) is 4.62. The molecule has 0 bridgehead atoms. The molecule has 2 heterocycles. The molecule has 5 nitrogen and oxygen atoms in total. The van der Waals surface area contributed by atoms with E-state index in [-0.39, 0.29) is 20.9 Å². The van der Waals surface area contributed by atoms with Gasteiger partial charge in [0.25, 0.3) is 5.89 Å². The Labute approximate surface area is 161 Å². The number of hydrogen-bond acceptors (Lipinski definition) is 6. The van der Waals surface area contributed by atoms with Gasteiger partial charge in [0.05, 0.1) is 11.2 Å². The van der Waals surface area contributed by atoms with Crippen LogP contribution < -0.4 is 0 Å². The van der Waals surface area contributed by atoms with Crippen molar-refractivity contribution in [3.05, 3.63) is 47.7 Å². The van der Waals surface area contributed by atoms with Crippen molar-refractivity contribution in [3.8, 4) is 11.7 Å². The number of hydrogen-bond donors (Lipinski definition) is 0. The van der Waals surface area contributed by atoms with Gasteiger partial charge in [-0.15, -0.1) is 0 Å². The second kappa shape index (κ2) is 8.33. The zero-order chi connectivity index (χ0) is 18.6. The number of sulfone groups is 1. The van der Waals surface area contributed by atoms with Crippen molar-refractivity contribution in [1.82, 2.24) is 4.98 Å². The van der Waals surface area contributed by atoms with Crippen LogP contribution in [0.2, 0.25) is 5.02 Å². The number of thioether (sulfide) groups is 1. The first-order valence-electron chi connectivity index (χ1n) is 8.20. The summed E-state index contributed by atoms with van der Waals surface area (Å²) < 4.78 is 37.1. The van der Waals surface area contributed by atoms with Crippen LogP contribution in [0.5, 0.6) is 0 Å². The van der Waals surface area contributed by atoms with Gasteiger partial charge in [-0.2, -0.15) is 4.98 Å². The topological polar surface area (TPSA) is 73.3 Å². The van der Waals surface area contributed by atoms with Crippen LogP contribution in [0.15, 0.2) is 66.5 Å². The molecular formula is C18H18ClNO4S2. The summed E-state index contributed by atoms with van der Waals surface area (Å²) in [5, 5.41) is 0.657. The van der Waals surface area contributed by atoms with Crippen molar-refractivity contribution in [2.45, 2.75) is 41.2 Å². The third-order valence-electron chi connectivity index (χ3n) is 3.66. The zero-order valence-electron chi connectivity index (χ0n) is 14.1. The van der Waals surface area contributed by atoms with Crippen LogP contribution in [0.1, 0.15) is 26.2 Å². The number of benzene rings is 1. The van der Waals surface area contributed by atoms with Crippen molar-refractivity contribution in [2.75, 3.05) is 5.75 Å². The predicted octanol–water partition coefficient (Wildman–Crippen LogP) is 5.70. The molecule has 3 aromatic rings. The van der Waals surface area contributed by atoms with Crippen molar-refractivity contribution in [3.63, 3.8) is 0 Å². The van der Waals surface area contributed by atoms with Crippen molar-refractivity contribution >= 4 is 33.2 Å². The smallest absolute Gasteiger partial charge is 0.265 e. The first-order chi connectivity index (χ1) is 12.5. The van der Waals surface area contributed by atoms with Gasteiger partial charge in [0.1, 0.15) is 0 Å². The quantitative estimate of drug-likeness (QED) is 0.349. The average molecular weight is 412 g/mol. The summed E-state index contributed by atoms with van der Waals surface area (Å²) in [6.45, 7) is 2.12. The number of halogens is 1. The maximum Gasteiger partial charge on any atom is 0.265 e. The molecule has 0 fully saturated rings. The Balaban J connectivity index is 1.99. The molecule has 0 unspecified atom stereocenters. The second-order valence-corrected chi connectivity index (χ2v) is 8.97. The number of furan rings is 1. The summed E-state index contributed by atoms with van der Waals surface area (Å²) in [5.74, 6) is 1.29. The summed E-state index contributed by atoms with van der Waals surface area (Å²) in [4.78, 5) is 4.34. The minimum absolute atomic E-state index is 0.0901. The monoisotopic (exact) mass is 411 g/mol. The van der Waals surface area contributed by atoms with Gasteiger partial charge in [-0.1, -0.05) is 43.1 Å². The first kappa shape index (κ1) is 19.1. The van der Waals surface area contributed by atoms with Crippen LogP contribution in [0.4, 0.5) is 0 Å². The van der Waals surface area contributed by atoms with Crippen LogP contribution >= 0.6 is 23.4 Å². The van der Waals surface area contributed by atoms with Crippen LogP contribution in [0.3, 0.4) is 0 Å². The van der Waals surface area contributed by atoms with E-state index in [4.69, 9.17) is 20.4 Å². The van der Waals surface area contributed by atoms with Crippen molar-refractivity contribution in [1.29, 1.82) is 0 Å². The van der Waals surface area contributed by atoms with Gasteiger partial charge < -0.3 is 8.83 Å². The van der Waals surface area contributed by atoms with Crippen molar-refractivity contribution in [2.24, 2.45) is 0 Å². The molecule has 2 aromatic heterocycles. The molecule has 0 aliphatic heterocycles. The fourth-order valence-corrected chi connectivity index (χ4v) is 4.96. The largest absolute Gasteiger partial charge is 0.459 e. The van der Waals surface area contributed by atoms with Gasteiger partial charge >= 0.3 is 0 Å². The molecule has 0 radical (unpaired) electrons. The normalized spacial score (nSPS) is 11.8. The highest BCUT2D eigenvalue weighted by Gasteiger charge is 2.29. The Morgan fingerprint density at radius 3 is 2.58 bits per heavy atom. The SMILES string of the molecule is CCCCCSc1oc(-c2ccco2)nc1S(=O)(=O)c1ccc(Cl)cc1. The molecule has 0 spiro atoms. The molecule has 26 heavy (non-hydrogen) atoms. The molecule has 0 amide bonds. The number of aromatic nitrogens is 1. The predicted molar refractivity (Wildman–Crippen MR) is 101 cm³/mol. The summed E-state index contributed by atoms with van der Waals surface area (Å²) >= 11 is 7.22. The van der Waals surface area contributed by atoms with Gasteiger partial charge in [0.15, 0.2) is 5.76 Å². The van der Waals surface area contributed by atoms with E-state index in [2.05, 4.69) is 11.9 Å². The van der Waals surface area contributed by atoms with Crippen LogP contribution in [-0.4, -0.2) is 19.2 Å². The summed E-state index contributed by atoms with van der Waals surface area (Å²) in [5.41, 5.74) is 0. The summed E-state index contributed by atoms with van der Waals surface area (Å²) in [6, 6.07) is 9.37. The Morgan fingerprint density at radius 2 is 1.92 bits per heavy atom. The highest BCUT2D eigenvalue weighted by molar-refractivity contribution is 8.00. The number of unbranched alkanes of at least 4 members (excludes halogenated alkanes) is 2. The lowest BCUT2D eigenvalue weighted by atomic mass is 10.3. The van der Waals surface area contributed by atoms with Crippen LogP contribution in [-0.2, 0) is 9.84 Å². The lowest BCUT2D eigenvalue weighted by Crippen LogP contribution is -2.04. The lowest BCUT2D eigenvalue weighted by molar-refractivity contribution is 0.451. The van der Waals surface area contributed by atoms with E-state index in [0.717, 1.165) is 25.0 Å². The third kappa shape index (κ3) is 4.16. The lowest BCUT2D eigenvalue weighted by Gasteiger charge is -2.03. The van der Waals surface area contributed by atoms with E-state index >= 15 is 0 Å². The molecule has 138 valence electrons. The second-order valence-electron chi connectivity index (χ2n) is 5.60. The van der Waals surface area contributed by atoms with Gasteiger partial charge in [-0.3, -0.25) is 0 Å². The molecule has 0 saturated carbocycles. The van der Waals surface area contributed by atoms with E-state index in [1.54, 1.807) is 12.1 Å². The van der Waals surface area contributed by atoms with Gasteiger partial charge in [-0.25, -0.2) is 8.42 Å². The first-order valence-corrected chi connectivity index (χ1v) is 11.0. The Hall–Kier alpha value is -1.70. The Morgan fingerprint density at radius 1 is 1.15 bits per heavy atom. The minimum atomic E-state index is -3.83. The van der Waals surface area contributed by atoms with Crippen molar-refractivity contribution < 1.29 is 17.3 Å². The van der Waals surface area contributed by atoms with E-state index in [1.807, 2.05) is 0 Å². The zero-order valence-corrected chi connectivity index (χ0v) is 16.5. The molecular weight excluding hydrogens is 394 g/mol. The molecule has 1 aromatic carbocycles. The van der Waals surface area contributed by atoms with E-state index in [0.29, 0.717) is 10.8 Å². The summed E-state index contributed by atoms with van der Waals surface area (Å²) in [7, 11) is -3.83. The molecule has 3 rings (SSSR count).